The van der Waals surface area contributed by atoms with Crippen LogP contribution in [0.1, 0.15) is 11.3 Å². The van der Waals surface area contributed by atoms with Gasteiger partial charge < -0.3 is 14.2 Å². The zero-order valence-corrected chi connectivity index (χ0v) is 18.7. The number of methoxy groups -OCH3 is 1. The molecule has 10 heteroatoms. The zero-order chi connectivity index (χ0) is 24.1. The topological polar surface area (TPSA) is 73.5 Å². The maximum absolute atomic E-state index is 10.7. The normalized spacial score (nSPS) is 11.9. The third-order valence-electron chi connectivity index (χ3n) is 4.56. The average molecular weight is 467 g/mol. The van der Waals surface area contributed by atoms with E-state index in [0.29, 0.717) is 0 Å². The van der Waals surface area contributed by atoms with Crippen LogP contribution >= 0.6 is 0 Å². The molecule has 1 heterocycles. The molecule has 0 aliphatic carbocycles. The maximum atomic E-state index is 10.7. The predicted octanol–water partition coefficient (Wildman–Crippen LogP) is 3.96. The Morgan fingerprint density at radius 3 is 2.09 bits per heavy atom. The number of benzene rings is 2. The molecule has 0 unspecified atom stereocenters. The Bertz CT molecular complexity index is 1210. The van der Waals surface area contributed by atoms with Crippen LogP contribution in [0, 0.1) is 0 Å². The highest BCUT2D eigenvalue weighted by Gasteiger charge is 2.36. The van der Waals surface area contributed by atoms with Gasteiger partial charge in [0.15, 0.2) is 10.1 Å². The third-order valence-corrected chi connectivity index (χ3v) is 5.12. The van der Waals surface area contributed by atoms with Gasteiger partial charge in [-0.05, 0) is 42.0 Å². The van der Waals surface area contributed by atoms with Gasteiger partial charge in [-0.2, -0.15) is 17.7 Å². The van der Waals surface area contributed by atoms with Gasteiger partial charge in [0.05, 0.1) is 12.5 Å². The van der Waals surface area contributed by atoms with Crippen molar-refractivity contribution in [2.75, 3.05) is 26.1 Å². The van der Waals surface area contributed by atoms with Crippen LogP contribution in [0.4, 0.5) is 18.9 Å². The Balaban J connectivity index is 0.000000390. The summed E-state index contributed by atoms with van der Waals surface area (Å²) in [7, 11) is 1.79. The molecule has 2 aromatic carbocycles. The number of rotatable bonds is 4. The van der Waals surface area contributed by atoms with Crippen molar-refractivity contribution in [2.45, 2.75) is 5.51 Å². The molecule has 0 atom stereocenters. The van der Waals surface area contributed by atoms with E-state index in [4.69, 9.17) is 17.7 Å². The molecular weight excluding hydrogens is 444 g/mol. The number of anilines is 1. The molecule has 0 aliphatic rings. The number of aromatic nitrogens is 1. The maximum Gasteiger partial charge on any atom is 0.485 e. The van der Waals surface area contributed by atoms with Crippen LogP contribution in [0.2, 0.25) is 0 Å². The number of pyridine rings is 1. The first kappa shape index (κ1) is 25.2. The number of halogens is 3. The molecule has 0 bridgehead atoms. The first-order valence-corrected chi connectivity index (χ1v) is 10.7. The molecule has 0 saturated carbocycles. The molecule has 0 fully saturated rings. The quantitative estimate of drug-likeness (QED) is 0.330. The summed E-state index contributed by atoms with van der Waals surface area (Å²) in [4.78, 5) is 2.10. The summed E-state index contributed by atoms with van der Waals surface area (Å²) in [5.41, 5.74) is -0.912. The highest BCUT2D eigenvalue weighted by Crippen LogP contribution is 2.21. The van der Waals surface area contributed by atoms with E-state index < -0.39 is 15.6 Å². The van der Waals surface area contributed by atoms with Gasteiger partial charge in [0.2, 0.25) is 11.2 Å². The molecule has 0 saturated heterocycles. The Kier molecular flexibility index (Phi) is 7.87. The van der Waals surface area contributed by atoms with Crippen LogP contribution in [-0.2, 0) is 17.2 Å². The van der Waals surface area contributed by atoms with E-state index in [1.807, 2.05) is 6.07 Å². The summed E-state index contributed by atoms with van der Waals surface area (Å²) in [5.74, 6) is 0.881. The van der Waals surface area contributed by atoms with E-state index in [1.165, 1.54) is 22.2 Å². The van der Waals surface area contributed by atoms with E-state index >= 15 is 0 Å². The molecule has 0 radical (unpaired) electrons. The largest absolute Gasteiger partial charge is 0.741 e. The Hall–Kier alpha value is -3.11. The number of alkyl halides is 3. The van der Waals surface area contributed by atoms with Gasteiger partial charge in [-0.25, -0.2) is 8.42 Å². The molecule has 172 valence electrons. The molecule has 3 rings (SSSR count). The summed E-state index contributed by atoms with van der Waals surface area (Å²) in [6.45, 7) is 0. The zero-order valence-electron chi connectivity index (χ0n) is 17.9. The lowest BCUT2D eigenvalue weighted by Crippen LogP contribution is -2.32. The monoisotopic (exact) mass is 467 g/mol. The van der Waals surface area contributed by atoms with E-state index in [-0.39, 0.29) is 0 Å². The van der Waals surface area contributed by atoms with Crippen LogP contribution < -0.4 is 14.2 Å². The summed E-state index contributed by atoms with van der Waals surface area (Å²) >= 11 is 0. The standard InChI is InChI=1S/C21H23N2O.CHF3O3S/c1-22(2)18-9-5-16(6-10-18)7-11-19-12-8-17-15-20(24-4)13-14-21(17)23(19)3;2-1(3,4)8(5,6)7/h5-15H,1-4H3;(H,5,6,7)/q+1;/p-1/i3-1;. The lowest BCUT2D eigenvalue weighted by Gasteiger charge is -2.11. The molecule has 6 nitrogen and oxygen atoms in total. The molecule has 0 aliphatic heterocycles. The second-order valence-electron chi connectivity index (χ2n) is 6.96. The minimum Gasteiger partial charge on any atom is -0.741 e. The van der Waals surface area contributed by atoms with Crippen LogP contribution in [0.25, 0.3) is 23.1 Å². The first-order valence-electron chi connectivity index (χ1n) is 9.28. The number of hydrogen-bond acceptors (Lipinski definition) is 5. The van der Waals surface area contributed by atoms with E-state index in [2.05, 4.69) is 91.3 Å². The molecule has 32 heavy (non-hydrogen) atoms. The van der Waals surface area contributed by atoms with Gasteiger partial charge in [-0.3, -0.25) is 0 Å². The Morgan fingerprint density at radius 2 is 1.59 bits per heavy atom. The van der Waals surface area contributed by atoms with E-state index in [0.717, 1.165) is 11.4 Å². The molecule has 3 aromatic rings. The molecule has 0 N–H and O–H groups in total. The van der Waals surface area contributed by atoms with Crippen LogP contribution in [0.3, 0.4) is 0 Å². The number of nitrogens with zero attached hydrogens (tertiary/aromatic N) is 2. The van der Waals surface area contributed by atoms with Crippen LogP contribution in [-0.4, -0.2) is 39.7 Å². The molecule has 1 aromatic heterocycles. The fraction of sp³-hybridized carbons (Fsp3) is 0.227. The van der Waals surface area contributed by atoms with Crippen molar-refractivity contribution in [3.05, 3.63) is 65.9 Å². The van der Waals surface area contributed by atoms with Crippen molar-refractivity contribution in [3.8, 4) is 5.75 Å². The Labute approximate surface area is 184 Å². The van der Waals surface area contributed by atoms with Crippen molar-refractivity contribution >= 4 is 38.9 Å². The lowest BCUT2D eigenvalue weighted by molar-refractivity contribution is -0.646. The van der Waals surface area contributed by atoms with Crippen molar-refractivity contribution < 1.29 is 35.4 Å². The number of hydrogen-bond donors (Lipinski definition) is 0. The summed E-state index contributed by atoms with van der Waals surface area (Å²) < 4.78 is 66.4. The fourth-order valence-corrected chi connectivity index (χ4v) is 2.76. The highest BCUT2D eigenvalue weighted by molar-refractivity contribution is 7.86. The Morgan fingerprint density at radius 1 is 1.00 bits per heavy atom. The van der Waals surface area contributed by atoms with Crippen molar-refractivity contribution in [3.63, 3.8) is 0 Å². The molecule has 0 spiro atoms. The van der Waals surface area contributed by atoms with Gasteiger partial charge in [0.1, 0.15) is 12.8 Å². The predicted molar refractivity (Wildman–Crippen MR) is 117 cm³/mol. The smallest absolute Gasteiger partial charge is 0.485 e. The van der Waals surface area contributed by atoms with Gasteiger partial charge in [0, 0.05) is 38.0 Å². The number of fused-ring (bicyclic) bond motifs is 1. The fourth-order valence-electron chi connectivity index (χ4n) is 2.76. The van der Waals surface area contributed by atoms with Crippen LogP contribution in [0.5, 0.6) is 5.75 Å². The lowest BCUT2D eigenvalue weighted by atomic mass is 10.1. The summed E-state index contributed by atoms with van der Waals surface area (Å²) in [6, 6.07) is 18.9. The SMILES string of the molecule is COc1ccc2c(ccc(/C=C/c3ccc(N(C)C)cc3)[n+]2[11CH3])c1.O=S(=O)([O-])C(F)(F)F. The van der Waals surface area contributed by atoms with Gasteiger partial charge in [0.25, 0.3) is 0 Å². The second kappa shape index (κ2) is 10.0. The summed E-state index contributed by atoms with van der Waals surface area (Å²) in [6.07, 6.45) is 4.29. The van der Waals surface area contributed by atoms with Crippen molar-refractivity contribution in [1.29, 1.82) is 0 Å². The minimum atomic E-state index is -6.09. The van der Waals surface area contributed by atoms with Gasteiger partial charge >= 0.3 is 5.51 Å². The number of ether oxygens (including phenoxy) is 1. The first-order chi connectivity index (χ1) is 14.8. The summed E-state index contributed by atoms with van der Waals surface area (Å²) in [5, 5.41) is 1.17. The van der Waals surface area contributed by atoms with Crippen molar-refractivity contribution in [2.24, 2.45) is 7.05 Å². The number of aryl methyl sites for hydroxylation is 1. The highest BCUT2D eigenvalue weighted by atomic mass is 32.2. The van der Waals surface area contributed by atoms with Gasteiger partial charge in [-0.1, -0.05) is 12.1 Å². The second-order valence-corrected chi connectivity index (χ2v) is 8.33. The molecular formula is C22H23F3N2O4S. The van der Waals surface area contributed by atoms with Crippen LogP contribution in [0.15, 0.2) is 54.6 Å². The molecule has 0 amide bonds. The van der Waals surface area contributed by atoms with Gasteiger partial charge in [-0.15, -0.1) is 0 Å². The van der Waals surface area contributed by atoms with Crippen molar-refractivity contribution in [1.82, 2.24) is 0 Å². The van der Waals surface area contributed by atoms with E-state index in [1.54, 1.807) is 7.11 Å². The van der Waals surface area contributed by atoms with E-state index in [9.17, 15) is 13.2 Å². The third kappa shape index (κ3) is 6.44. The minimum absolute atomic E-state index is 0.881. The average Bonchev–Trinajstić information content (AvgIpc) is 2.72.